The van der Waals surface area contributed by atoms with Crippen molar-refractivity contribution >= 4 is 22.8 Å². The first-order valence-electron chi connectivity index (χ1n) is 7.74. The van der Waals surface area contributed by atoms with Gasteiger partial charge in [0.1, 0.15) is 5.82 Å². The van der Waals surface area contributed by atoms with Crippen molar-refractivity contribution in [3.05, 3.63) is 21.5 Å². The smallest absolute Gasteiger partial charge is 0.278 e. The molecular weight excluding hydrogens is 288 g/mol. The zero-order valence-electron chi connectivity index (χ0n) is 11.8. The quantitative estimate of drug-likeness (QED) is 0.823. The van der Waals surface area contributed by atoms with E-state index in [9.17, 15) is 4.79 Å². The summed E-state index contributed by atoms with van der Waals surface area (Å²) in [5.74, 6) is 4.89. The van der Waals surface area contributed by atoms with Gasteiger partial charge in [-0.25, -0.2) is 4.98 Å². The van der Waals surface area contributed by atoms with Crippen LogP contribution in [-0.2, 0) is 7.05 Å². The lowest BCUT2D eigenvalue weighted by Crippen LogP contribution is -2.24. The van der Waals surface area contributed by atoms with E-state index in [0.29, 0.717) is 17.1 Å². The predicted octanol–water partition coefficient (Wildman–Crippen LogP) is 2.46. The van der Waals surface area contributed by atoms with Gasteiger partial charge in [-0.1, -0.05) is 0 Å². The van der Waals surface area contributed by atoms with E-state index < -0.39 is 0 Å². The minimum Gasteiger partial charge on any atom is -0.325 e. The monoisotopic (exact) mass is 304 g/mol. The summed E-state index contributed by atoms with van der Waals surface area (Å²) in [5.41, 5.74) is 0.837. The molecule has 110 valence electrons. The molecule has 4 aliphatic carbocycles. The Morgan fingerprint density at radius 2 is 2.00 bits per heavy atom. The molecule has 21 heavy (non-hydrogen) atoms. The number of hydrogen-bond donors (Lipinski definition) is 1. The molecule has 0 amide bonds. The van der Waals surface area contributed by atoms with Gasteiger partial charge in [-0.3, -0.25) is 9.78 Å². The third-order valence-corrected chi connectivity index (χ3v) is 6.28. The maximum atomic E-state index is 12.1. The molecular formula is C15H17ClN4O. The molecule has 2 aromatic rings. The van der Waals surface area contributed by atoms with Gasteiger partial charge in [-0.15, -0.1) is 0 Å². The zero-order valence-corrected chi connectivity index (χ0v) is 12.6. The fourth-order valence-corrected chi connectivity index (χ4v) is 5.71. The Kier molecular flexibility index (Phi) is 2.26. The van der Waals surface area contributed by atoms with Crippen molar-refractivity contribution in [1.29, 1.82) is 0 Å². The molecule has 5 nitrogen and oxygen atoms in total. The van der Waals surface area contributed by atoms with E-state index in [2.05, 4.69) is 9.97 Å². The van der Waals surface area contributed by atoms with Crippen molar-refractivity contribution in [2.75, 3.05) is 0 Å². The van der Waals surface area contributed by atoms with Crippen LogP contribution in [0.3, 0.4) is 0 Å². The molecule has 4 fully saturated rings. The molecule has 2 heterocycles. The van der Waals surface area contributed by atoms with Crippen LogP contribution in [0.25, 0.3) is 11.2 Å². The fraction of sp³-hybridized carbons (Fsp3) is 0.667. The molecule has 4 saturated carbocycles. The zero-order chi connectivity index (χ0) is 14.3. The van der Waals surface area contributed by atoms with E-state index >= 15 is 0 Å². The number of hydrogen-bond acceptors (Lipinski definition) is 3. The first-order chi connectivity index (χ1) is 10.1. The van der Waals surface area contributed by atoms with Gasteiger partial charge < -0.3 is 4.57 Å². The third-order valence-electron chi connectivity index (χ3n) is 6.10. The van der Waals surface area contributed by atoms with E-state index in [1.165, 1.54) is 25.7 Å². The summed E-state index contributed by atoms with van der Waals surface area (Å²) >= 11 is 5.85. The van der Waals surface area contributed by atoms with Crippen molar-refractivity contribution in [2.24, 2.45) is 30.7 Å². The summed E-state index contributed by atoms with van der Waals surface area (Å²) in [6.45, 7) is 0. The number of fused-ring (bicyclic) bond motifs is 1. The Balaban J connectivity index is 1.70. The number of aryl methyl sites for hydroxylation is 1. The van der Waals surface area contributed by atoms with Crippen LogP contribution < -0.4 is 5.56 Å². The van der Waals surface area contributed by atoms with Crippen LogP contribution in [0.5, 0.6) is 0 Å². The van der Waals surface area contributed by atoms with Crippen molar-refractivity contribution in [3.63, 3.8) is 0 Å². The Hall–Kier alpha value is -1.36. The molecule has 6 rings (SSSR count). The summed E-state index contributed by atoms with van der Waals surface area (Å²) < 4.78 is 1.95. The van der Waals surface area contributed by atoms with Crippen molar-refractivity contribution < 1.29 is 0 Å². The topological polar surface area (TPSA) is 63.6 Å². The lowest BCUT2D eigenvalue weighted by atomic mass is 9.75. The summed E-state index contributed by atoms with van der Waals surface area (Å²) in [6.07, 6.45) is 5.44. The summed E-state index contributed by atoms with van der Waals surface area (Å²) in [7, 11) is 1.94. The molecule has 0 saturated heterocycles. The molecule has 4 aliphatic rings. The van der Waals surface area contributed by atoms with Crippen LogP contribution in [0, 0.1) is 23.7 Å². The summed E-state index contributed by atoms with van der Waals surface area (Å²) in [6, 6.07) is 0. The van der Waals surface area contributed by atoms with Gasteiger partial charge in [-0.2, -0.15) is 4.98 Å². The predicted molar refractivity (Wildman–Crippen MR) is 79.3 cm³/mol. The van der Waals surface area contributed by atoms with Crippen molar-refractivity contribution in [2.45, 2.75) is 31.6 Å². The number of aromatic amines is 1. The number of nitrogens with one attached hydrogen (secondary N) is 1. The molecule has 5 unspecified atom stereocenters. The van der Waals surface area contributed by atoms with Gasteiger partial charge >= 0.3 is 0 Å². The van der Waals surface area contributed by atoms with E-state index in [0.717, 1.165) is 29.5 Å². The maximum Gasteiger partial charge on any atom is 0.278 e. The van der Waals surface area contributed by atoms with Crippen LogP contribution in [-0.4, -0.2) is 19.5 Å². The van der Waals surface area contributed by atoms with Gasteiger partial charge in [0.25, 0.3) is 5.56 Å². The first kappa shape index (κ1) is 12.2. The largest absolute Gasteiger partial charge is 0.325 e. The Labute approximate surface area is 126 Å². The molecule has 0 aliphatic heterocycles. The van der Waals surface area contributed by atoms with Crippen molar-refractivity contribution in [3.8, 4) is 0 Å². The minimum atomic E-state index is -0.196. The number of rotatable bonds is 1. The average molecular weight is 305 g/mol. The SMILES string of the molecule is Cn1c(C2C3CC4CC(C3)C2C4)nc2nc(Cl)[nH]c(=O)c21. The van der Waals surface area contributed by atoms with E-state index in [-0.39, 0.29) is 10.8 Å². The second-order valence-corrected chi connectivity index (χ2v) is 7.43. The van der Waals surface area contributed by atoms with Crippen LogP contribution in [0.1, 0.15) is 37.4 Å². The number of halogens is 1. The number of H-pyrrole nitrogens is 1. The highest BCUT2D eigenvalue weighted by molar-refractivity contribution is 6.28. The van der Waals surface area contributed by atoms with Crippen LogP contribution in [0.2, 0.25) is 5.28 Å². The normalized spacial score (nSPS) is 37.0. The fourth-order valence-electron chi connectivity index (χ4n) is 5.54. The van der Waals surface area contributed by atoms with E-state index in [1.54, 1.807) is 0 Å². The molecule has 4 bridgehead atoms. The minimum absolute atomic E-state index is 0.117. The van der Waals surface area contributed by atoms with Crippen LogP contribution in [0.4, 0.5) is 0 Å². The van der Waals surface area contributed by atoms with Gasteiger partial charge in [0.05, 0.1) is 0 Å². The van der Waals surface area contributed by atoms with Gasteiger partial charge in [0, 0.05) is 13.0 Å². The highest BCUT2D eigenvalue weighted by Crippen LogP contribution is 2.64. The third kappa shape index (κ3) is 1.50. The molecule has 2 aromatic heterocycles. The second kappa shape index (κ2) is 3.88. The van der Waals surface area contributed by atoms with Crippen LogP contribution >= 0.6 is 11.6 Å². The second-order valence-electron chi connectivity index (χ2n) is 7.08. The van der Waals surface area contributed by atoms with E-state index in [1.807, 2.05) is 11.6 Å². The van der Waals surface area contributed by atoms with Gasteiger partial charge in [0.2, 0.25) is 5.28 Å². The summed E-state index contributed by atoms with van der Waals surface area (Å²) in [5, 5.41) is 0.117. The highest BCUT2D eigenvalue weighted by atomic mass is 35.5. The summed E-state index contributed by atoms with van der Waals surface area (Å²) in [4.78, 5) is 23.6. The number of aromatic nitrogens is 4. The Morgan fingerprint density at radius 3 is 2.81 bits per heavy atom. The first-order valence-corrected chi connectivity index (χ1v) is 8.11. The average Bonchev–Trinajstić information content (AvgIpc) is 2.96. The molecule has 1 N–H and O–H groups in total. The lowest BCUT2D eigenvalue weighted by molar-refractivity contribution is 0.241. The number of imidazole rings is 1. The molecule has 0 radical (unpaired) electrons. The van der Waals surface area contributed by atoms with E-state index in [4.69, 9.17) is 16.6 Å². The lowest BCUT2D eigenvalue weighted by Gasteiger charge is -2.31. The molecule has 0 aromatic carbocycles. The van der Waals surface area contributed by atoms with Gasteiger partial charge in [0.15, 0.2) is 11.2 Å². The number of nitrogens with zero attached hydrogens (tertiary/aromatic N) is 3. The molecule has 6 heteroatoms. The Bertz CT molecular complexity index is 806. The highest BCUT2D eigenvalue weighted by Gasteiger charge is 2.55. The molecule has 5 atom stereocenters. The molecule has 0 spiro atoms. The Morgan fingerprint density at radius 1 is 1.19 bits per heavy atom. The van der Waals surface area contributed by atoms with Crippen molar-refractivity contribution in [1.82, 2.24) is 19.5 Å². The van der Waals surface area contributed by atoms with Crippen LogP contribution in [0.15, 0.2) is 4.79 Å². The van der Waals surface area contributed by atoms with Gasteiger partial charge in [-0.05, 0) is 61.0 Å². The standard InChI is InChI=1S/C15H17ClN4O/c1-20-11-12(18-15(16)19-14(11)21)17-13(20)10-8-3-6-2-7(5-8)9(10)4-6/h6-10H,2-5H2,1H3,(H,18,19,21). The maximum absolute atomic E-state index is 12.1.